The van der Waals surface area contributed by atoms with Crippen molar-refractivity contribution in [3.05, 3.63) is 47.1 Å². The highest BCUT2D eigenvalue weighted by atomic mass is 16.5. The fourth-order valence-electron chi connectivity index (χ4n) is 2.48. The number of nitrogens with one attached hydrogen (secondary N) is 1. The second-order valence-electron chi connectivity index (χ2n) is 5.38. The van der Waals surface area contributed by atoms with Crippen molar-refractivity contribution in [1.29, 1.82) is 0 Å². The number of aryl methyl sites for hydroxylation is 1. The van der Waals surface area contributed by atoms with Gasteiger partial charge in [0.15, 0.2) is 5.82 Å². The van der Waals surface area contributed by atoms with Gasteiger partial charge in [0.05, 0.1) is 6.04 Å². The lowest BCUT2D eigenvalue weighted by Gasteiger charge is -2.30. The third-order valence-electron chi connectivity index (χ3n) is 3.86. The predicted octanol–water partition coefficient (Wildman–Crippen LogP) is 2.12. The molecule has 21 heavy (non-hydrogen) atoms. The highest BCUT2D eigenvalue weighted by molar-refractivity contribution is 5.67. The summed E-state index contributed by atoms with van der Waals surface area (Å²) in [6.45, 7) is 4.94. The molecule has 0 aliphatic carbocycles. The molecule has 2 aromatic rings. The fourth-order valence-corrected chi connectivity index (χ4v) is 2.48. The van der Waals surface area contributed by atoms with Gasteiger partial charge in [-0.15, -0.1) is 0 Å². The molecule has 1 N–H and O–H groups in total. The van der Waals surface area contributed by atoms with E-state index in [1.54, 1.807) is 0 Å². The van der Waals surface area contributed by atoms with Gasteiger partial charge in [0.25, 0.3) is 5.89 Å². The van der Waals surface area contributed by atoms with Crippen molar-refractivity contribution < 1.29 is 4.52 Å². The molecule has 0 saturated carbocycles. The van der Waals surface area contributed by atoms with Gasteiger partial charge in [0, 0.05) is 25.7 Å². The molecular formula is C16H20N4O. The molecule has 1 aromatic carbocycles. The molecule has 0 spiro atoms. The molecule has 1 unspecified atom stereocenters. The lowest BCUT2D eigenvalue weighted by Crippen LogP contribution is -2.44. The summed E-state index contributed by atoms with van der Waals surface area (Å²) >= 11 is 0. The number of hydrogen-bond donors (Lipinski definition) is 1. The maximum Gasteiger partial charge on any atom is 0.250 e. The van der Waals surface area contributed by atoms with Crippen LogP contribution in [0.5, 0.6) is 0 Å². The Hall–Kier alpha value is -1.98. The average Bonchev–Trinajstić information content (AvgIpc) is 2.96. The van der Waals surface area contributed by atoms with Gasteiger partial charge in [0.2, 0.25) is 0 Å². The van der Waals surface area contributed by atoms with Gasteiger partial charge in [-0.05, 0) is 31.2 Å². The van der Waals surface area contributed by atoms with Gasteiger partial charge in [-0.25, -0.2) is 0 Å². The van der Waals surface area contributed by atoms with Gasteiger partial charge >= 0.3 is 0 Å². The summed E-state index contributed by atoms with van der Waals surface area (Å²) in [6.07, 6.45) is 3.88. The van der Waals surface area contributed by atoms with Gasteiger partial charge < -0.3 is 9.84 Å². The predicted molar refractivity (Wildman–Crippen MR) is 82.6 cm³/mol. The smallest absolute Gasteiger partial charge is 0.250 e. The Bertz CT molecular complexity index is 635. The van der Waals surface area contributed by atoms with Crippen molar-refractivity contribution in [2.45, 2.75) is 13.0 Å². The molecule has 5 heteroatoms. The summed E-state index contributed by atoms with van der Waals surface area (Å²) in [5, 5.41) is 7.46. The Labute approximate surface area is 124 Å². The molecule has 2 heterocycles. The van der Waals surface area contributed by atoms with Crippen molar-refractivity contribution in [2.24, 2.45) is 0 Å². The number of piperazine rings is 1. The van der Waals surface area contributed by atoms with Crippen LogP contribution < -0.4 is 5.32 Å². The van der Waals surface area contributed by atoms with E-state index in [2.05, 4.69) is 46.5 Å². The topological polar surface area (TPSA) is 54.2 Å². The number of aromatic nitrogens is 2. The zero-order valence-electron chi connectivity index (χ0n) is 12.4. The van der Waals surface area contributed by atoms with Crippen molar-refractivity contribution in [3.8, 4) is 0 Å². The Morgan fingerprint density at radius 1 is 1.33 bits per heavy atom. The molecule has 1 atom stereocenters. The summed E-state index contributed by atoms with van der Waals surface area (Å²) in [5.74, 6) is 1.29. The molecule has 1 fully saturated rings. The van der Waals surface area contributed by atoms with Crippen LogP contribution in [0.1, 0.15) is 28.9 Å². The van der Waals surface area contributed by atoms with Crippen molar-refractivity contribution >= 4 is 12.2 Å². The molecule has 1 aromatic heterocycles. The summed E-state index contributed by atoms with van der Waals surface area (Å²) in [5.41, 5.74) is 2.39. The number of rotatable bonds is 3. The Balaban J connectivity index is 1.74. The first-order valence-electron chi connectivity index (χ1n) is 7.22. The SMILES string of the molecule is Cc1ccccc1/C=C/c1nc(C2CNCCN2C)no1. The van der Waals surface area contributed by atoms with Crippen LogP contribution in [0.4, 0.5) is 0 Å². The Morgan fingerprint density at radius 3 is 3.00 bits per heavy atom. The summed E-state index contributed by atoms with van der Waals surface area (Å²) in [4.78, 5) is 6.73. The Kier molecular flexibility index (Phi) is 4.13. The Morgan fingerprint density at radius 2 is 2.19 bits per heavy atom. The standard InChI is InChI=1S/C16H20N4O/c1-12-5-3-4-6-13(12)7-8-15-18-16(19-21-15)14-11-17-9-10-20(14)2/h3-8,14,17H,9-11H2,1-2H3/b8-7+. The van der Waals surface area contributed by atoms with E-state index < -0.39 is 0 Å². The summed E-state index contributed by atoms with van der Waals surface area (Å²) < 4.78 is 5.33. The molecule has 0 radical (unpaired) electrons. The lowest BCUT2D eigenvalue weighted by molar-refractivity contribution is 0.190. The van der Waals surface area contributed by atoms with E-state index >= 15 is 0 Å². The van der Waals surface area contributed by atoms with Crippen molar-refractivity contribution in [2.75, 3.05) is 26.7 Å². The van der Waals surface area contributed by atoms with E-state index in [4.69, 9.17) is 4.52 Å². The van der Waals surface area contributed by atoms with E-state index in [0.29, 0.717) is 5.89 Å². The van der Waals surface area contributed by atoms with E-state index in [0.717, 1.165) is 31.0 Å². The van der Waals surface area contributed by atoms with Crippen LogP contribution in [-0.4, -0.2) is 41.7 Å². The summed E-state index contributed by atoms with van der Waals surface area (Å²) in [7, 11) is 2.09. The highest BCUT2D eigenvalue weighted by Crippen LogP contribution is 2.18. The van der Waals surface area contributed by atoms with Gasteiger partial charge in [-0.3, -0.25) is 4.90 Å². The normalized spacial score (nSPS) is 20.2. The van der Waals surface area contributed by atoms with E-state index in [1.807, 2.05) is 24.3 Å². The van der Waals surface area contributed by atoms with Crippen molar-refractivity contribution in [1.82, 2.24) is 20.4 Å². The fraction of sp³-hybridized carbons (Fsp3) is 0.375. The van der Waals surface area contributed by atoms with Crippen LogP contribution in [0.3, 0.4) is 0 Å². The first kappa shape index (κ1) is 14.0. The van der Waals surface area contributed by atoms with E-state index in [9.17, 15) is 0 Å². The number of hydrogen-bond acceptors (Lipinski definition) is 5. The van der Waals surface area contributed by atoms with Crippen LogP contribution in [0, 0.1) is 6.92 Å². The zero-order chi connectivity index (χ0) is 14.7. The number of benzene rings is 1. The van der Waals surface area contributed by atoms with E-state index in [1.165, 1.54) is 5.56 Å². The average molecular weight is 284 g/mol. The van der Waals surface area contributed by atoms with Crippen LogP contribution in [0.2, 0.25) is 0 Å². The quantitative estimate of drug-likeness (QED) is 0.935. The molecule has 110 valence electrons. The lowest BCUT2D eigenvalue weighted by atomic mass is 10.1. The number of nitrogens with zero attached hydrogens (tertiary/aromatic N) is 3. The molecule has 1 aliphatic rings. The molecular weight excluding hydrogens is 264 g/mol. The van der Waals surface area contributed by atoms with Gasteiger partial charge in [0.1, 0.15) is 0 Å². The maximum absolute atomic E-state index is 5.33. The van der Waals surface area contributed by atoms with Crippen LogP contribution in [0.15, 0.2) is 28.8 Å². The first-order valence-corrected chi connectivity index (χ1v) is 7.22. The van der Waals surface area contributed by atoms with Crippen LogP contribution in [0.25, 0.3) is 12.2 Å². The third kappa shape index (κ3) is 3.20. The minimum absolute atomic E-state index is 0.183. The maximum atomic E-state index is 5.33. The van der Waals surface area contributed by atoms with Crippen molar-refractivity contribution in [3.63, 3.8) is 0 Å². The first-order chi connectivity index (χ1) is 10.2. The molecule has 3 rings (SSSR count). The van der Waals surface area contributed by atoms with E-state index in [-0.39, 0.29) is 6.04 Å². The van der Waals surface area contributed by atoms with Crippen LogP contribution in [-0.2, 0) is 0 Å². The van der Waals surface area contributed by atoms with Gasteiger partial charge in [-0.2, -0.15) is 4.98 Å². The minimum atomic E-state index is 0.183. The molecule has 0 amide bonds. The molecule has 5 nitrogen and oxygen atoms in total. The minimum Gasteiger partial charge on any atom is -0.335 e. The molecule has 1 saturated heterocycles. The van der Waals surface area contributed by atoms with Crippen LogP contribution >= 0.6 is 0 Å². The summed E-state index contributed by atoms with van der Waals surface area (Å²) in [6, 6.07) is 8.39. The highest BCUT2D eigenvalue weighted by Gasteiger charge is 2.24. The van der Waals surface area contributed by atoms with Gasteiger partial charge in [-0.1, -0.05) is 29.4 Å². The molecule has 1 aliphatic heterocycles. The largest absolute Gasteiger partial charge is 0.335 e. The third-order valence-corrected chi connectivity index (χ3v) is 3.86. The second-order valence-corrected chi connectivity index (χ2v) is 5.38. The number of likely N-dealkylation sites (N-methyl/N-ethyl adjacent to an activating group) is 1. The second kappa shape index (κ2) is 6.20. The zero-order valence-corrected chi connectivity index (χ0v) is 12.4. The monoisotopic (exact) mass is 284 g/mol. The molecule has 0 bridgehead atoms.